The Bertz CT molecular complexity index is 647. The number of esters is 1. The average molecular weight is 350 g/mol. The molecule has 1 heterocycles. The van der Waals surface area contributed by atoms with Crippen molar-refractivity contribution in [3.05, 3.63) is 22.8 Å². The second-order valence-electron chi connectivity index (χ2n) is 6.41. The highest BCUT2D eigenvalue weighted by Crippen LogP contribution is 2.46. The van der Waals surface area contributed by atoms with Crippen LogP contribution in [0, 0.1) is 13.8 Å². The molecule has 2 N–H and O–H groups in total. The molecule has 1 aromatic rings. The molecule has 2 atom stereocenters. The fourth-order valence-corrected chi connectivity index (χ4v) is 3.57. The molecule has 0 saturated carbocycles. The van der Waals surface area contributed by atoms with E-state index in [0.717, 1.165) is 34.5 Å². The summed E-state index contributed by atoms with van der Waals surface area (Å²) in [5.74, 6) is -1.85. The van der Waals surface area contributed by atoms with Gasteiger partial charge >= 0.3 is 11.8 Å². The van der Waals surface area contributed by atoms with Crippen molar-refractivity contribution in [2.24, 2.45) is 0 Å². The van der Waals surface area contributed by atoms with Gasteiger partial charge in [-0.3, -0.25) is 0 Å². The topological polar surface area (TPSA) is 71.0 Å². The van der Waals surface area contributed by atoms with Crippen LogP contribution in [-0.2, 0) is 14.3 Å². The van der Waals surface area contributed by atoms with E-state index in [4.69, 9.17) is 9.47 Å². The number of fused-ring (bicyclic) bond motifs is 1. The number of nitrogens with zero attached hydrogens (tertiary/aromatic N) is 1. The van der Waals surface area contributed by atoms with Gasteiger partial charge in [0.2, 0.25) is 0 Å². The Balaban J connectivity index is 2.54. The van der Waals surface area contributed by atoms with Crippen molar-refractivity contribution < 1.29 is 19.4 Å². The molecular formula is C19H30N2O4. The number of aliphatic hydroxyl groups is 1. The molecule has 2 rings (SSSR count). The van der Waals surface area contributed by atoms with Gasteiger partial charge in [0.1, 0.15) is 0 Å². The molecule has 0 spiro atoms. The summed E-state index contributed by atoms with van der Waals surface area (Å²) in [6.45, 7) is 10.2. The van der Waals surface area contributed by atoms with Gasteiger partial charge in [0, 0.05) is 13.7 Å². The highest BCUT2D eigenvalue weighted by atomic mass is 16.6. The third-order valence-corrected chi connectivity index (χ3v) is 4.74. The third kappa shape index (κ3) is 3.20. The van der Waals surface area contributed by atoms with Crippen LogP contribution >= 0.6 is 0 Å². The molecule has 0 aliphatic carbocycles. The number of aliphatic hydroxyl groups excluding tert-OH is 1. The Kier molecular flexibility index (Phi) is 5.95. The minimum absolute atomic E-state index is 0.276. The Morgan fingerprint density at radius 3 is 2.56 bits per heavy atom. The molecule has 6 nitrogen and oxygen atoms in total. The van der Waals surface area contributed by atoms with Crippen molar-refractivity contribution in [2.75, 3.05) is 30.5 Å². The van der Waals surface area contributed by atoms with Gasteiger partial charge in [0.15, 0.2) is 0 Å². The van der Waals surface area contributed by atoms with E-state index in [0.29, 0.717) is 13.0 Å². The van der Waals surface area contributed by atoms with Gasteiger partial charge in [-0.05, 0) is 56.9 Å². The molecule has 25 heavy (non-hydrogen) atoms. The molecule has 6 heteroatoms. The quantitative estimate of drug-likeness (QED) is 0.736. The van der Waals surface area contributed by atoms with Crippen molar-refractivity contribution in [3.63, 3.8) is 0 Å². The second-order valence-corrected chi connectivity index (χ2v) is 6.41. The molecule has 0 amide bonds. The van der Waals surface area contributed by atoms with Crippen LogP contribution < -0.4 is 10.2 Å². The van der Waals surface area contributed by atoms with Gasteiger partial charge < -0.3 is 24.8 Å². The molecule has 0 radical (unpaired) electrons. The minimum Gasteiger partial charge on any atom is -0.461 e. The highest BCUT2D eigenvalue weighted by Gasteiger charge is 2.51. The minimum atomic E-state index is -1.38. The Morgan fingerprint density at radius 2 is 2.00 bits per heavy atom. The van der Waals surface area contributed by atoms with Crippen molar-refractivity contribution in [1.29, 1.82) is 0 Å². The van der Waals surface area contributed by atoms with Crippen LogP contribution in [0.15, 0.2) is 6.07 Å². The van der Waals surface area contributed by atoms with E-state index in [-0.39, 0.29) is 6.61 Å². The number of likely N-dealkylation sites (N-methyl/N-ethyl adjacent to an activating group) is 1. The number of anilines is 2. The van der Waals surface area contributed by atoms with Crippen LogP contribution in [0.5, 0.6) is 0 Å². The molecule has 2 unspecified atom stereocenters. The number of carbonyl (C=O) groups is 1. The zero-order chi connectivity index (χ0) is 18.8. The number of hydrogen-bond donors (Lipinski definition) is 2. The first kappa shape index (κ1) is 19.5. The first-order valence-corrected chi connectivity index (χ1v) is 8.99. The summed E-state index contributed by atoms with van der Waals surface area (Å²) in [7, 11) is 1.81. The molecule has 1 aliphatic heterocycles. The summed E-state index contributed by atoms with van der Waals surface area (Å²) in [6.07, 6.45) is 1.08. The van der Waals surface area contributed by atoms with Crippen LogP contribution in [0.4, 0.5) is 11.4 Å². The van der Waals surface area contributed by atoms with E-state index in [9.17, 15) is 9.90 Å². The van der Waals surface area contributed by atoms with Gasteiger partial charge in [-0.2, -0.15) is 0 Å². The van der Waals surface area contributed by atoms with E-state index in [1.807, 2.05) is 40.8 Å². The number of aryl methyl sites for hydroxylation is 1. The highest BCUT2D eigenvalue weighted by molar-refractivity contribution is 5.95. The van der Waals surface area contributed by atoms with E-state index in [2.05, 4.69) is 5.32 Å². The molecule has 0 saturated heterocycles. The molecule has 0 aromatic heterocycles. The number of carbonyl (C=O) groups excluding carboxylic acids is 1. The number of rotatable bonds is 7. The van der Waals surface area contributed by atoms with Crippen molar-refractivity contribution >= 4 is 17.3 Å². The normalized spacial score (nSPS) is 20.2. The zero-order valence-corrected chi connectivity index (χ0v) is 16.1. The predicted octanol–water partition coefficient (Wildman–Crippen LogP) is 3.25. The Labute approximate surface area is 150 Å². The van der Waals surface area contributed by atoms with Crippen molar-refractivity contribution in [1.82, 2.24) is 0 Å². The maximum absolute atomic E-state index is 12.7. The first-order valence-electron chi connectivity index (χ1n) is 8.99. The molecule has 0 fully saturated rings. The summed E-state index contributed by atoms with van der Waals surface area (Å²) in [6, 6.07) is 1.99. The smallest absolute Gasteiger partial charge is 0.383 e. The number of nitrogens with one attached hydrogen (secondary N) is 1. The van der Waals surface area contributed by atoms with Gasteiger partial charge in [0.05, 0.1) is 24.1 Å². The van der Waals surface area contributed by atoms with Gasteiger partial charge in [-0.25, -0.2) is 4.79 Å². The van der Waals surface area contributed by atoms with E-state index < -0.39 is 17.9 Å². The number of ether oxygens (including phenoxy) is 2. The standard InChI is InChI=1S/C19H30N2O4/c1-7-10-15(22)16-12(4)11-14-17(13(16)5)20-19(21(14)6,25-9-3)18(23)24-8-2/h11,15,20,22H,7-10H2,1-6H3. The van der Waals surface area contributed by atoms with Crippen LogP contribution in [0.2, 0.25) is 0 Å². The summed E-state index contributed by atoms with van der Waals surface area (Å²) >= 11 is 0. The van der Waals surface area contributed by atoms with Crippen LogP contribution in [0.25, 0.3) is 0 Å². The van der Waals surface area contributed by atoms with Gasteiger partial charge in [-0.15, -0.1) is 0 Å². The fraction of sp³-hybridized carbons (Fsp3) is 0.632. The second kappa shape index (κ2) is 7.62. The first-order chi connectivity index (χ1) is 11.8. The maximum atomic E-state index is 12.7. The molecule has 140 valence electrons. The zero-order valence-electron chi connectivity index (χ0n) is 16.1. The molecule has 1 aromatic carbocycles. The Hall–Kier alpha value is -1.79. The van der Waals surface area contributed by atoms with E-state index >= 15 is 0 Å². The maximum Gasteiger partial charge on any atom is 0.383 e. The molecule has 1 aliphatic rings. The summed E-state index contributed by atoms with van der Waals surface area (Å²) in [5, 5.41) is 13.8. The molecular weight excluding hydrogens is 320 g/mol. The van der Waals surface area contributed by atoms with E-state index in [1.165, 1.54) is 0 Å². The van der Waals surface area contributed by atoms with Crippen molar-refractivity contribution in [2.45, 2.75) is 59.4 Å². The summed E-state index contributed by atoms with van der Waals surface area (Å²) < 4.78 is 11.1. The third-order valence-electron chi connectivity index (χ3n) is 4.74. The molecule has 0 bridgehead atoms. The summed E-state index contributed by atoms with van der Waals surface area (Å²) in [4.78, 5) is 14.4. The number of hydrogen-bond acceptors (Lipinski definition) is 6. The van der Waals surface area contributed by atoms with Gasteiger partial charge in [-0.1, -0.05) is 13.3 Å². The van der Waals surface area contributed by atoms with Gasteiger partial charge in [0.25, 0.3) is 0 Å². The lowest BCUT2D eigenvalue weighted by Gasteiger charge is -2.34. The van der Waals surface area contributed by atoms with E-state index in [1.54, 1.807) is 11.8 Å². The van der Waals surface area contributed by atoms with Crippen LogP contribution in [0.1, 0.15) is 56.4 Å². The van der Waals surface area contributed by atoms with Crippen LogP contribution in [0.3, 0.4) is 0 Å². The number of benzene rings is 1. The SMILES string of the molecule is CCCC(O)c1c(C)cc2c(c1C)NC(OCC)(C(=O)OCC)N2C. The average Bonchev–Trinajstić information content (AvgIpc) is 2.83. The monoisotopic (exact) mass is 350 g/mol. The predicted molar refractivity (Wildman–Crippen MR) is 98.8 cm³/mol. The lowest BCUT2D eigenvalue weighted by molar-refractivity contribution is -0.167. The van der Waals surface area contributed by atoms with Crippen LogP contribution in [-0.4, -0.2) is 37.2 Å². The largest absolute Gasteiger partial charge is 0.461 e. The lowest BCUT2D eigenvalue weighted by atomic mass is 9.93. The summed E-state index contributed by atoms with van der Waals surface area (Å²) in [5.41, 5.74) is 4.53. The fourth-order valence-electron chi connectivity index (χ4n) is 3.57. The Morgan fingerprint density at radius 1 is 1.32 bits per heavy atom. The van der Waals surface area contributed by atoms with Crippen molar-refractivity contribution in [3.8, 4) is 0 Å². The lowest BCUT2D eigenvalue weighted by Crippen LogP contribution is -2.58.